The Kier molecular flexibility index (Phi) is 5.62. The SMILES string of the molecule is NC(=O)c1ccccc1Nc1nc(Nc2ccc3c(c2)CCCCC3)ncc1Cl. The van der Waals surface area contributed by atoms with Gasteiger partial charge in [-0.15, -0.1) is 0 Å². The molecule has 2 aromatic carbocycles. The number of aryl methyl sites for hydroxylation is 2. The molecular weight excluding hydrogens is 386 g/mol. The van der Waals surface area contributed by atoms with Crippen LogP contribution in [0.3, 0.4) is 0 Å². The molecule has 1 amide bonds. The van der Waals surface area contributed by atoms with Crippen molar-refractivity contribution < 1.29 is 4.79 Å². The van der Waals surface area contributed by atoms with E-state index in [0.29, 0.717) is 28.0 Å². The van der Waals surface area contributed by atoms with Crippen molar-refractivity contribution in [3.05, 3.63) is 70.4 Å². The van der Waals surface area contributed by atoms with Gasteiger partial charge in [-0.05, 0) is 61.1 Å². The summed E-state index contributed by atoms with van der Waals surface area (Å²) in [6, 6.07) is 13.4. The van der Waals surface area contributed by atoms with Gasteiger partial charge < -0.3 is 16.4 Å². The molecule has 3 aromatic rings. The summed E-state index contributed by atoms with van der Waals surface area (Å²) in [4.78, 5) is 20.4. The van der Waals surface area contributed by atoms with Crippen molar-refractivity contribution in [1.29, 1.82) is 0 Å². The van der Waals surface area contributed by atoms with Gasteiger partial charge in [-0.2, -0.15) is 4.98 Å². The Bertz CT molecular complexity index is 1050. The Balaban J connectivity index is 1.58. The predicted octanol–water partition coefficient (Wildman–Crippen LogP) is 4.99. The fourth-order valence-electron chi connectivity index (χ4n) is 3.57. The van der Waals surface area contributed by atoms with Gasteiger partial charge in [0.05, 0.1) is 17.4 Å². The zero-order chi connectivity index (χ0) is 20.2. The fraction of sp³-hybridized carbons (Fsp3) is 0.227. The highest BCUT2D eigenvalue weighted by Crippen LogP contribution is 2.28. The first-order valence-corrected chi connectivity index (χ1v) is 10.0. The van der Waals surface area contributed by atoms with Crippen LogP contribution in [0.2, 0.25) is 5.02 Å². The lowest BCUT2D eigenvalue weighted by atomic mass is 10.0. The third-order valence-corrected chi connectivity index (χ3v) is 5.32. The molecule has 0 unspecified atom stereocenters. The van der Waals surface area contributed by atoms with Crippen molar-refractivity contribution in [1.82, 2.24) is 9.97 Å². The summed E-state index contributed by atoms with van der Waals surface area (Å²) < 4.78 is 0. The van der Waals surface area contributed by atoms with Crippen LogP contribution in [0.5, 0.6) is 0 Å². The van der Waals surface area contributed by atoms with Crippen molar-refractivity contribution in [2.75, 3.05) is 10.6 Å². The number of hydrogen-bond acceptors (Lipinski definition) is 5. The Morgan fingerprint density at radius 3 is 2.62 bits per heavy atom. The second-order valence-corrected chi connectivity index (χ2v) is 7.50. The van der Waals surface area contributed by atoms with E-state index in [9.17, 15) is 4.79 Å². The van der Waals surface area contributed by atoms with Crippen molar-refractivity contribution in [2.24, 2.45) is 5.73 Å². The fourth-order valence-corrected chi connectivity index (χ4v) is 3.70. The first kappa shape index (κ1) is 19.2. The van der Waals surface area contributed by atoms with Gasteiger partial charge in [-0.3, -0.25) is 4.79 Å². The van der Waals surface area contributed by atoms with E-state index in [-0.39, 0.29) is 0 Å². The number of anilines is 4. The number of benzene rings is 2. The number of para-hydroxylation sites is 1. The number of amides is 1. The first-order chi connectivity index (χ1) is 14.1. The standard InChI is InChI=1S/C22H22ClN5O/c23-18-13-25-22(26-16-11-10-14-6-2-1-3-7-15(14)12-16)28-21(18)27-19-9-5-4-8-17(19)20(24)29/h4-5,8-13H,1-3,6-7H2,(H2,24,29)(H2,25,26,27,28). The number of carbonyl (C=O) groups excluding carboxylic acids is 1. The van der Waals surface area contributed by atoms with E-state index in [0.717, 1.165) is 18.5 Å². The smallest absolute Gasteiger partial charge is 0.250 e. The predicted molar refractivity (Wildman–Crippen MR) is 116 cm³/mol. The highest BCUT2D eigenvalue weighted by molar-refractivity contribution is 6.33. The summed E-state index contributed by atoms with van der Waals surface area (Å²) in [6.45, 7) is 0. The van der Waals surface area contributed by atoms with Crippen LogP contribution in [0.4, 0.5) is 23.1 Å². The lowest BCUT2D eigenvalue weighted by Crippen LogP contribution is -2.13. The molecule has 0 spiro atoms. The molecular formula is C22H22ClN5O. The van der Waals surface area contributed by atoms with Crippen molar-refractivity contribution in [3.8, 4) is 0 Å². The molecule has 0 fully saturated rings. The minimum atomic E-state index is -0.526. The second kappa shape index (κ2) is 8.49. The number of halogens is 1. The van der Waals surface area contributed by atoms with E-state index < -0.39 is 5.91 Å². The van der Waals surface area contributed by atoms with Gasteiger partial charge in [-0.1, -0.05) is 36.2 Å². The van der Waals surface area contributed by atoms with E-state index >= 15 is 0 Å². The quantitative estimate of drug-likeness (QED) is 0.518. The van der Waals surface area contributed by atoms with Gasteiger partial charge >= 0.3 is 0 Å². The summed E-state index contributed by atoms with van der Waals surface area (Å²) in [6.07, 6.45) is 7.52. The van der Waals surface area contributed by atoms with Crippen LogP contribution in [0.1, 0.15) is 40.7 Å². The van der Waals surface area contributed by atoms with Gasteiger partial charge in [0.1, 0.15) is 5.02 Å². The van der Waals surface area contributed by atoms with Crippen LogP contribution in [0, 0.1) is 0 Å². The Hall–Kier alpha value is -3.12. The van der Waals surface area contributed by atoms with Crippen LogP contribution < -0.4 is 16.4 Å². The minimum absolute atomic E-state index is 0.344. The molecule has 0 atom stereocenters. The maximum absolute atomic E-state index is 11.7. The maximum Gasteiger partial charge on any atom is 0.250 e. The van der Waals surface area contributed by atoms with Crippen LogP contribution >= 0.6 is 11.6 Å². The number of rotatable bonds is 5. The van der Waals surface area contributed by atoms with Crippen LogP contribution in [0.25, 0.3) is 0 Å². The molecule has 6 nitrogen and oxygen atoms in total. The number of hydrogen-bond donors (Lipinski definition) is 3. The van der Waals surface area contributed by atoms with E-state index in [1.165, 1.54) is 36.6 Å². The third kappa shape index (κ3) is 4.49. The molecule has 7 heteroatoms. The molecule has 0 bridgehead atoms. The number of nitrogens with zero attached hydrogens (tertiary/aromatic N) is 2. The average Bonchev–Trinajstić information content (AvgIpc) is 2.96. The lowest BCUT2D eigenvalue weighted by Gasteiger charge is -2.13. The molecule has 1 aromatic heterocycles. The average molecular weight is 408 g/mol. The van der Waals surface area contributed by atoms with Gasteiger partial charge in [0.15, 0.2) is 5.82 Å². The summed E-state index contributed by atoms with van der Waals surface area (Å²) in [7, 11) is 0. The van der Waals surface area contributed by atoms with Crippen molar-refractivity contribution in [3.63, 3.8) is 0 Å². The molecule has 1 aliphatic rings. The highest BCUT2D eigenvalue weighted by Gasteiger charge is 2.13. The summed E-state index contributed by atoms with van der Waals surface area (Å²) >= 11 is 6.26. The van der Waals surface area contributed by atoms with Crippen molar-refractivity contribution >= 4 is 40.6 Å². The normalized spacial score (nSPS) is 13.3. The molecule has 148 valence electrons. The Labute approximate surface area is 174 Å². The monoisotopic (exact) mass is 407 g/mol. The molecule has 0 aliphatic heterocycles. The summed E-state index contributed by atoms with van der Waals surface area (Å²) in [5.74, 6) is 0.288. The Morgan fingerprint density at radius 1 is 1.00 bits per heavy atom. The molecule has 29 heavy (non-hydrogen) atoms. The van der Waals surface area contributed by atoms with Crippen LogP contribution in [-0.2, 0) is 12.8 Å². The largest absolute Gasteiger partial charge is 0.366 e. The summed E-state index contributed by atoms with van der Waals surface area (Å²) in [5, 5.41) is 6.68. The molecule has 1 heterocycles. The first-order valence-electron chi connectivity index (χ1n) is 9.67. The Morgan fingerprint density at radius 2 is 1.79 bits per heavy atom. The highest BCUT2D eigenvalue weighted by atomic mass is 35.5. The number of nitrogens with two attached hydrogens (primary N) is 1. The zero-order valence-corrected chi connectivity index (χ0v) is 16.7. The van der Waals surface area contributed by atoms with Gasteiger partial charge in [0.25, 0.3) is 5.91 Å². The lowest BCUT2D eigenvalue weighted by molar-refractivity contribution is 0.100. The maximum atomic E-state index is 11.7. The molecule has 1 aliphatic carbocycles. The molecule has 0 radical (unpaired) electrons. The van der Waals surface area contributed by atoms with E-state index in [1.54, 1.807) is 24.3 Å². The number of aromatic nitrogens is 2. The topological polar surface area (TPSA) is 92.9 Å². The van der Waals surface area contributed by atoms with Crippen LogP contribution in [-0.4, -0.2) is 15.9 Å². The van der Waals surface area contributed by atoms with Gasteiger partial charge in [0.2, 0.25) is 5.95 Å². The van der Waals surface area contributed by atoms with E-state index in [2.05, 4.69) is 38.8 Å². The second-order valence-electron chi connectivity index (χ2n) is 7.09. The van der Waals surface area contributed by atoms with Gasteiger partial charge in [0, 0.05) is 5.69 Å². The molecule has 0 saturated heterocycles. The number of primary amides is 1. The van der Waals surface area contributed by atoms with Crippen LogP contribution in [0.15, 0.2) is 48.7 Å². The van der Waals surface area contributed by atoms with Gasteiger partial charge in [-0.25, -0.2) is 4.98 Å². The number of fused-ring (bicyclic) bond motifs is 1. The van der Waals surface area contributed by atoms with Crippen molar-refractivity contribution in [2.45, 2.75) is 32.1 Å². The molecule has 4 rings (SSSR count). The third-order valence-electron chi connectivity index (χ3n) is 5.04. The molecule has 0 saturated carbocycles. The molecule has 4 N–H and O–H groups in total. The van der Waals surface area contributed by atoms with E-state index in [1.807, 2.05) is 0 Å². The number of nitrogens with one attached hydrogen (secondary N) is 2. The minimum Gasteiger partial charge on any atom is -0.366 e. The number of carbonyl (C=O) groups is 1. The van der Waals surface area contributed by atoms with E-state index in [4.69, 9.17) is 17.3 Å². The summed E-state index contributed by atoms with van der Waals surface area (Å²) in [5.41, 5.74) is 10.1. The zero-order valence-electron chi connectivity index (χ0n) is 15.9.